The van der Waals surface area contributed by atoms with Crippen molar-refractivity contribution in [2.24, 2.45) is 52.1 Å². The lowest BCUT2D eigenvalue weighted by molar-refractivity contribution is -0.160. The van der Waals surface area contributed by atoms with Gasteiger partial charge in [-0.3, -0.25) is 9.59 Å². The Balaban J connectivity index is 0.867. The van der Waals surface area contributed by atoms with Crippen LogP contribution in [0.3, 0.4) is 0 Å². The molecular weight excluding hydrogens is 927 g/mol. The molecule has 0 amide bonds. The minimum absolute atomic E-state index is 0.0326. The Morgan fingerprint density at radius 3 is 2.57 bits per heavy atom. The molecular formula is C62H75N5O7. The van der Waals surface area contributed by atoms with E-state index in [0.29, 0.717) is 91.3 Å². The number of benzene rings is 3. The number of ketones is 2. The molecule has 8 aliphatic rings. The molecule has 4 aromatic rings. The molecule has 1 saturated heterocycles. The summed E-state index contributed by atoms with van der Waals surface area (Å²) in [5.41, 5.74) is 11.1. The molecule has 0 bridgehead atoms. The number of aromatic nitrogens is 1. The Morgan fingerprint density at radius 1 is 0.959 bits per heavy atom. The Hall–Kier alpha value is -5.42. The van der Waals surface area contributed by atoms with Crippen molar-refractivity contribution in [3.63, 3.8) is 0 Å². The predicted molar refractivity (Wildman–Crippen MR) is 285 cm³/mol. The third-order valence-electron chi connectivity index (χ3n) is 20.5. The molecule has 2 spiro atoms. The van der Waals surface area contributed by atoms with Crippen molar-refractivity contribution in [1.82, 2.24) is 20.9 Å². The summed E-state index contributed by atoms with van der Waals surface area (Å²) in [6.45, 7) is 2.32. The van der Waals surface area contributed by atoms with E-state index in [4.69, 9.17) is 10.5 Å². The van der Waals surface area contributed by atoms with Crippen LogP contribution in [-0.2, 0) is 16.0 Å². The number of rotatable bonds is 11. The maximum atomic E-state index is 15.0. The number of phenolic OH excluding ortho intramolecular Hbond substituents is 1. The van der Waals surface area contributed by atoms with Crippen molar-refractivity contribution < 1.29 is 34.8 Å². The van der Waals surface area contributed by atoms with Gasteiger partial charge in [0.25, 0.3) is 0 Å². The topological polar surface area (TPSA) is 202 Å². The molecule has 74 heavy (non-hydrogen) atoms. The molecule has 3 heterocycles. The molecule has 10 N–H and O–H groups in total. The number of carbonyl (C=O) groups excluding carboxylic acids is 2. The summed E-state index contributed by atoms with van der Waals surface area (Å²) in [5, 5.41) is 61.6. The zero-order chi connectivity index (χ0) is 51.0. The van der Waals surface area contributed by atoms with E-state index >= 15 is 4.79 Å². The van der Waals surface area contributed by atoms with Crippen molar-refractivity contribution in [1.29, 1.82) is 0 Å². The number of H-pyrrole nitrogens is 1. The van der Waals surface area contributed by atoms with Crippen LogP contribution >= 0.6 is 0 Å². The number of fused-ring (bicyclic) bond motifs is 6. The molecule has 3 aromatic carbocycles. The van der Waals surface area contributed by atoms with Crippen LogP contribution in [0.15, 0.2) is 90.4 Å². The maximum Gasteiger partial charge on any atom is 0.160 e. The molecule has 12 nitrogen and oxygen atoms in total. The van der Waals surface area contributed by atoms with Gasteiger partial charge in [-0.05, 0) is 181 Å². The number of allylic oxidation sites excluding steroid dienone is 2. The SMILES string of the molecule is CNCC1C2c3[nH]ccc3C3CC(=O)CC4NCC(C2C43)C2(CCCC2)C1C1CCC2(C#CC(CC(O)C(O)CC(C3=CCNC(N)=C3)c3ccc4ccccc4c3)c3cc(O)c(OC)cc3CCC2=O)C(O)C1. The fourth-order valence-electron chi connectivity index (χ4n) is 17.4. The van der Waals surface area contributed by atoms with Gasteiger partial charge >= 0.3 is 0 Å². The fraction of sp³-hybridized carbons (Fsp3) is 0.548. The number of carbonyl (C=O) groups is 2. The van der Waals surface area contributed by atoms with Crippen LogP contribution in [0.25, 0.3) is 10.8 Å². The lowest BCUT2D eigenvalue weighted by Gasteiger charge is -2.67. The van der Waals surface area contributed by atoms with Gasteiger partial charge in [-0.15, -0.1) is 0 Å². The second-order valence-electron chi connectivity index (χ2n) is 23.8. The highest BCUT2D eigenvalue weighted by Crippen LogP contribution is 2.71. The average molecular weight is 1000 g/mol. The number of aliphatic hydroxyl groups is 3. The molecule has 1 aromatic heterocycles. The second-order valence-corrected chi connectivity index (χ2v) is 23.8. The average Bonchev–Trinajstić information content (AvgIpc) is 4.15. The number of ether oxygens (including phenoxy) is 1. The van der Waals surface area contributed by atoms with E-state index in [1.165, 1.54) is 31.2 Å². The number of aliphatic hydroxyl groups excluding tert-OH is 3. The zero-order valence-corrected chi connectivity index (χ0v) is 43.0. The normalized spacial score (nSPS) is 34.0. The van der Waals surface area contributed by atoms with Crippen molar-refractivity contribution in [2.75, 3.05) is 33.8 Å². The number of aryl methyl sites for hydroxylation is 1. The fourth-order valence-corrected chi connectivity index (χ4v) is 17.4. The van der Waals surface area contributed by atoms with E-state index in [1.807, 2.05) is 18.2 Å². The summed E-state index contributed by atoms with van der Waals surface area (Å²) in [6.07, 6.45) is 11.0. The van der Waals surface area contributed by atoms with Crippen LogP contribution < -0.4 is 26.4 Å². The van der Waals surface area contributed by atoms with Crippen molar-refractivity contribution in [2.45, 2.75) is 131 Å². The van der Waals surface area contributed by atoms with Gasteiger partial charge in [-0.2, -0.15) is 0 Å². The highest BCUT2D eigenvalue weighted by Gasteiger charge is 2.68. The number of methoxy groups -OCH3 is 1. The lowest BCUT2D eigenvalue weighted by Crippen LogP contribution is -2.68. The molecule has 390 valence electrons. The number of Topliss-reactive ketones (excluding diaryl/α,β-unsaturated/α-hetero) is 2. The second kappa shape index (κ2) is 19.6. The number of nitrogens with one attached hydrogen (secondary N) is 4. The minimum atomic E-state index is -1.32. The van der Waals surface area contributed by atoms with Gasteiger partial charge < -0.3 is 51.8 Å². The van der Waals surface area contributed by atoms with E-state index in [1.54, 1.807) is 12.1 Å². The monoisotopic (exact) mass is 1000 g/mol. The van der Waals surface area contributed by atoms with E-state index in [0.717, 1.165) is 59.8 Å². The molecule has 5 fully saturated rings. The summed E-state index contributed by atoms with van der Waals surface area (Å²) in [6, 6.07) is 20.3. The van der Waals surface area contributed by atoms with Crippen molar-refractivity contribution in [3.05, 3.63) is 118 Å². The third kappa shape index (κ3) is 8.23. The quantitative estimate of drug-likeness (QED) is 0.0681. The molecule has 15 unspecified atom stereocenters. The van der Waals surface area contributed by atoms with Gasteiger partial charge in [0.05, 0.1) is 31.2 Å². The van der Waals surface area contributed by atoms with Gasteiger partial charge in [0.1, 0.15) is 11.2 Å². The number of phenols is 1. The van der Waals surface area contributed by atoms with Gasteiger partial charge in [0.15, 0.2) is 17.3 Å². The first-order chi connectivity index (χ1) is 35.9. The predicted octanol–water partition coefficient (Wildman–Crippen LogP) is 7.34. The van der Waals surface area contributed by atoms with Gasteiger partial charge in [0.2, 0.25) is 0 Å². The van der Waals surface area contributed by atoms with E-state index in [-0.39, 0.29) is 65.8 Å². The number of hydrogen-bond donors (Lipinski definition) is 9. The molecule has 15 atom stereocenters. The molecule has 2 aliphatic heterocycles. The minimum Gasteiger partial charge on any atom is -0.504 e. The number of aromatic hydroxyl groups is 1. The number of nitrogens with two attached hydrogens (primary N) is 1. The van der Waals surface area contributed by atoms with Crippen LogP contribution in [0, 0.1) is 58.2 Å². The summed E-state index contributed by atoms with van der Waals surface area (Å²) >= 11 is 0. The first-order valence-electron chi connectivity index (χ1n) is 27.9. The summed E-state index contributed by atoms with van der Waals surface area (Å²) in [5.74, 6) is 9.70. The van der Waals surface area contributed by atoms with Crippen molar-refractivity contribution in [3.8, 4) is 23.3 Å². The Bertz CT molecular complexity index is 2940. The number of hydrogen-bond acceptors (Lipinski definition) is 11. The zero-order valence-electron chi connectivity index (χ0n) is 43.0. The van der Waals surface area contributed by atoms with Crippen LogP contribution in [-0.4, -0.2) is 95.1 Å². The number of aromatic amines is 1. The Labute approximate surface area is 435 Å². The van der Waals surface area contributed by atoms with Crippen LogP contribution in [0.5, 0.6) is 11.5 Å². The lowest BCUT2D eigenvalue weighted by atomic mass is 9.39. The molecule has 0 radical (unpaired) electrons. The van der Waals surface area contributed by atoms with Gasteiger partial charge in [-0.25, -0.2) is 0 Å². The van der Waals surface area contributed by atoms with Gasteiger partial charge in [-0.1, -0.05) is 73.2 Å². The van der Waals surface area contributed by atoms with E-state index in [9.17, 15) is 25.2 Å². The van der Waals surface area contributed by atoms with Crippen LogP contribution in [0.2, 0.25) is 0 Å². The first kappa shape index (κ1) is 49.5. The molecule has 4 saturated carbocycles. The van der Waals surface area contributed by atoms with Gasteiger partial charge in [0, 0.05) is 61.5 Å². The smallest absolute Gasteiger partial charge is 0.160 e. The Morgan fingerprint density at radius 2 is 1.78 bits per heavy atom. The molecule has 12 rings (SSSR count). The number of dihydropyridines is 1. The van der Waals surface area contributed by atoms with Crippen LogP contribution in [0.4, 0.5) is 0 Å². The van der Waals surface area contributed by atoms with E-state index in [2.05, 4.69) is 88.5 Å². The first-order valence-corrected chi connectivity index (χ1v) is 27.9. The maximum absolute atomic E-state index is 15.0. The van der Waals surface area contributed by atoms with E-state index < -0.39 is 29.6 Å². The third-order valence-corrected chi connectivity index (χ3v) is 20.5. The summed E-state index contributed by atoms with van der Waals surface area (Å²) in [7, 11) is 3.58. The summed E-state index contributed by atoms with van der Waals surface area (Å²) < 4.78 is 5.58. The highest BCUT2D eigenvalue weighted by molar-refractivity contribution is 5.89. The standard InChI is InChI=1S/C62H75N5O7/c1-64-32-46-57-58-47(33-67-48-29-41(68)28-45(56(48)58)42-16-22-66-60(42)57)61(17-5-6-18-61)59(46)40-14-20-62(54(73)26-40)19-13-38(44-31-51(71)52(74-2)25-37(44)11-12-53(62)72)24-49(69)50(70)30-43(39-15-21-65-55(63)27-39)36-10-9-34-7-3-4-8-35(34)23-36/h3-4,7-10,15-16,22-23,25,27,31,38,40,43,45-50,54,56-59,64-67,69-71,73H,5-6,11-12,14,17-18,20-21,24,26,28-30,32-33,63H2,1-2H3. The largest absolute Gasteiger partial charge is 0.504 e. The summed E-state index contributed by atoms with van der Waals surface area (Å²) in [4.78, 5) is 32.1. The van der Waals surface area contributed by atoms with Crippen LogP contribution in [0.1, 0.15) is 129 Å². The molecule has 6 aliphatic carbocycles. The number of piperidine rings is 1. The molecule has 12 heteroatoms. The Kier molecular flexibility index (Phi) is 13.1. The highest BCUT2D eigenvalue weighted by atomic mass is 16.5. The van der Waals surface area contributed by atoms with Crippen molar-refractivity contribution >= 4 is 22.3 Å².